The molecule has 1 atom stereocenters. The van der Waals surface area contributed by atoms with Gasteiger partial charge in [0.25, 0.3) is 0 Å². The van der Waals surface area contributed by atoms with Gasteiger partial charge in [-0.3, -0.25) is 0 Å². The van der Waals surface area contributed by atoms with Gasteiger partial charge in [-0.25, -0.2) is 0 Å². The summed E-state index contributed by atoms with van der Waals surface area (Å²) in [7, 11) is 0. The Balaban J connectivity index is 1.99. The van der Waals surface area contributed by atoms with Crippen molar-refractivity contribution >= 4 is 0 Å². The zero-order valence-corrected chi connectivity index (χ0v) is 7.50. The van der Waals surface area contributed by atoms with Crippen molar-refractivity contribution in [2.75, 3.05) is 13.2 Å². The second kappa shape index (κ2) is 2.75. The van der Waals surface area contributed by atoms with E-state index in [1.54, 1.807) is 0 Å². The van der Waals surface area contributed by atoms with Crippen molar-refractivity contribution in [3.8, 4) is 0 Å². The van der Waals surface area contributed by atoms with Gasteiger partial charge in [0, 0.05) is 6.42 Å². The van der Waals surface area contributed by atoms with Crippen LogP contribution in [0.5, 0.6) is 0 Å². The van der Waals surface area contributed by atoms with E-state index in [-0.39, 0.29) is 6.10 Å². The normalized spacial score (nSPS) is 33.2. The van der Waals surface area contributed by atoms with Gasteiger partial charge in [-0.15, -0.1) is 0 Å². The first-order valence-electron chi connectivity index (χ1n) is 4.32. The highest BCUT2D eigenvalue weighted by Crippen LogP contribution is 2.28. The van der Waals surface area contributed by atoms with Gasteiger partial charge in [-0.1, -0.05) is 0 Å². The molecular weight excluding hydrogens is 156 g/mol. The summed E-state index contributed by atoms with van der Waals surface area (Å²) in [6.07, 6.45) is 3.09. The minimum Gasteiger partial charge on any atom is -0.495 e. The lowest BCUT2D eigenvalue weighted by molar-refractivity contribution is -0.137. The maximum Gasteiger partial charge on any atom is 0.164 e. The highest BCUT2D eigenvalue weighted by atomic mass is 16.7. The zero-order chi connectivity index (χ0) is 8.60. The molecule has 0 N–H and O–H groups in total. The molecule has 2 aliphatic rings. The van der Waals surface area contributed by atoms with E-state index in [4.69, 9.17) is 14.2 Å². The summed E-state index contributed by atoms with van der Waals surface area (Å²) in [5, 5.41) is 0. The SMILES string of the molecule is CC1(C)OCC(C2=CCCO2)O1. The Morgan fingerprint density at radius 1 is 1.50 bits per heavy atom. The second-order valence-electron chi connectivity index (χ2n) is 3.56. The second-order valence-corrected chi connectivity index (χ2v) is 3.56. The zero-order valence-electron chi connectivity index (χ0n) is 7.50. The predicted molar refractivity (Wildman–Crippen MR) is 43.6 cm³/mol. The Morgan fingerprint density at radius 3 is 2.83 bits per heavy atom. The molecule has 2 heterocycles. The molecule has 3 nitrogen and oxygen atoms in total. The lowest BCUT2D eigenvalue weighted by Gasteiger charge is -2.17. The summed E-state index contributed by atoms with van der Waals surface area (Å²) >= 11 is 0. The van der Waals surface area contributed by atoms with Gasteiger partial charge in [0.05, 0.1) is 13.2 Å². The van der Waals surface area contributed by atoms with Gasteiger partial charge in [0.15, 0.2) is 5.79 Å². The van der Waals surface area contributed by atoms with Crippen molar-refractivity contribution in [3.05, 3.63) is 11.8 Å². The van der Waals surface area contributed by atoms with Crippen LogP contribution in [0, 0.1) is 0 Å². The number of rotatable bonds is 1. The highest BCUT2D eigenvalue weighted by Gasteiger charge is 2.36. The molecule has 1 fully saturated rings. The molecule has 2 aliphatic heterocycles. The van der Waals surface area contributed by atoms with Gasteiger partial charge in [0.1, 0.15) is 11.9 Å². The average molecular weight is 170 g/mol. The first-order valence-corrected chi connectivity index (χ1v) is 4.32. The molecule has 3 heteroatoms. The number of hydrogen-bond donors (Lipinski definition) is 0. The summed E-state index contributed by atoms with van der Waals surface area (Å²) in [6.45, 7) is 5.24. The van der Waals surface area contributed by atoms with Crippen LogP contribution in [0.3, 0.4) is 0 Å². The maximum absolute atomic E-state index is 5.62. The summed E-state index contributed by atoms with van der Waals surface area (Å²) < 4.78 is 16.4. The summed E-state index contributed by atoms with van der Waals surface area (Å²) in [6, 6.07) is 0. The van der Waals surface area contributed by atoms with E-state index in [9.17, 15) is 0 Å². The first kappa shape index (κ1) is 8.08. The van der Waals surface area contributed by atoms with Crippen molar-refractivity contribution < 1.29 is 14.2 Å². The first-order chi connectivity index (χ1) is 5.67. The van der Waals surface area contributed by atoms with Crippen LogP contribution < -0.4 is 0 Å². The van der Waals surface area contributed by atoms with Crippen LogP contribution in [0.4, 0.5) is 0 Å². The van der Waals surface area contributed by atoms with Crippen molar-refractivity contribution in [3.63, 3.8) is 0 Å². The van der Waals surface area contributed by atoms with Crippen LogP contribution in [-0.2, 0) is 14.2 Å². The molecule has 0 aromatic carbocycles. The molecule has 0 aromatic rings. The summed E-state index contributed by atoms with van der Waals surface area (Å²) in [4.78, 5) is 0. The van der Waals surface area contributed by atoms with Crippen LogP contribution in [0.25, 0.3) is 0 Å². The molecule has 0 amide bonds. The van der Waals surface area contributed by atoms with Gasteiger partial charge >= 0.3 is 0 Å². The van der Waals surface area contributed by atoms with Crippen LogP contribution in [0.15, 0.2) is 11.8 Å². The topological polar surface area (TPSA) is 27.7 Å². The smallest absolute Gasteiger partial charge is 0.164 e. The third-order valence-electron chi connectivity index (χ3n) is 2.06. The fraction of sp³-hybridized carbons (Fsp3) is 0.778. The van der Waals surface area contributed by atoms with Gasteiger partial charge < -0.3 is 14.2 Å². The molecule has 12 heavy (non-hydrogen) atoms. The van der Waals surface area contributed by atoms with Crippen molar-refractivity contribution in [1.29, 1.82) is 0 Å². The minimum atomic E-state index is -0.447. The molecular formula is C9H14O3. The van der Waals surface area contributed by atoms with Gasteiger partial charge in [0.2, 0.25) is 0 Å². The molecule has 0 bridgehead atoms. The molecule has 0 aliphatic carbocycles. The van der Waals surface area contributed by atoms with Crippen molar-refractivity contribution in [2.24, 2.45) is 0 Å². The summed E-state index contributed by atoms with van der Waals surface area (Å²) in [5.41, 5.74) is 0. The van der Waals surface area contributed by atoms with E-state index < -0.39 is 5.79 Å². The van der Waals surface area contributed by atoms with E-state index >= 15 is 0 Å². The molecule has 0 aromatic heterocycles. The van der Waals surface area contributed by atoms with Gasteiger partial charge in [-0.05, 0) is 19.9 Å². The predicted octanol–water partition coefficient (Wildman–Crippen LogP) is 1.44. The van der Waals surface area contributed by atoms with E-state index in [2.05, 4.69) is 6.08 Å². The third kappa shape index (κ3) is 1.47. The summed E-state index contributed by atoms with van der Waals surface area (Å²) in [5.74, 6) is 0.498. The lowest BCUT2D eigenvalue weighted by Crippen LogP contribution is -2.22. The van der Waals surface area contributed by atoms with Gasteiger partial charge in [-0.2, -0.15) is 0 Å². The molecule has 0 spiro atoms. The molecule has 1 unspecified atom stereocenters. The number of hydrogen-bond acceptors (Lipinski definition) is 3. The fourth-order valence-electron chi connectivity index (χ4n) is 1.49. The van der Waals surface area contributed by atoms with E-state index in [1.165, 1.54) is 0 Å². The maximum atomic E-state index is 5.62. The minimum absolute atomic E-state index is 0.0162. The van der Waals surface area contributed by atoms with Crippen LogP contribution in [0.2, 0.25) is 0 Å². The van der Waals surface area contributed by atoms with Crippen molar-refractivity contribution in [1.82, 2.24) is 0 Å². The number of ether oxygens (including phenoxy) is 3. The molecule has 0 radical (unpaired) electrons. The van der Waals surface area contributed by atoms with Crippen LogP contribution in [-0.4, -0.2) is 25.1 Å². The average Bonchev–Trinajstić information content (AvgIpc) is 2.55. The molecule has 0 saturated carbocycles. The Hall–Kier alpha value is -0.540. The van der Waals surface area contributed by atoms with Crippen LogP contribution >= 0.6 is 0 Å². The standard InChI is InChI=1S/C9H14O3/c1-9(2)11-6-8(12-9)7-4-3-5-10-7/h4,8H,3,5-6H2,1-2H3. The van der Waals surface area contributed by atoms with E-state index in [0.29, 0.717) is 6.61 Å². The molecule has 68 valence electrons. The Kier molecular flexibility index (Phi) is 1.85. The van der Waals surface area contributed by atoms with Crippen molar-refractivity contribution in [2.45, 2.75) is 32.2 Å². The third-order valence-corrected chi connectivity index (χ3v) is 2.06. The quantitative estimate of drug-likeness (QED) is 0.596. The highest BCUT2D eigenvalue weighted by molar-refractivity contribution is 5.06. The Bertz CT molecular complexity index is 208. The fourth-order valence-corrected chi connectivity index (χ4v) is 1.49. The van der Waals surface area contributed by atoms with E-state index in [0.717, 1.165) is 18.8 Å². The monoisotopic (exact) mass is 170 g/mol. The largest absolute Gasteiger partial charge is 0.495 e. The van der Waals surface area contributed by atoms with Crippen LogP contribution in [0.1, 0.15) is 20.3 Å². The molecule has 2 rings (SSSR count). The Morgan fingerprint density at radius 2 is 2.33 bits per heavy atom. The Labute approximate surface area is 72.3 Å². The van der Waals surface area contributed by atoms with E-state index in [1.807, 2.05) is 13.8 Å². The lowest BCUT2D eigenvalue weighted by atomic mass is 10.3. The molecule has 1 saturated heterocycles.